The Kier molecular flexibility index (Phi) is 6.12. The molecule has 0 radical (unpaired) electrons. The minimum Gasteiger partial charge on any atom is -0.744 e. The molecule has 0 N–H and O–H groups in total. The number of ether oxygens (including phenoxy) is 2. The minimum atomic E-state index is -4.71. The SMILES string of the molecule is O=S(=O)([O-])c1ccc(OS(=O)(=O)c2c(C3CC4CCC3O4)cc3ccccc3c2C23CCC(CC2)O3)c2c1CCCC2. The zero-order valence-electron chi connectivity index (χ0n) is 23.2. The van der Waals surface area contributed by atoms with E-state index in [0.29, 0.717) is 29.5 Å². The van der Waals surface area contributed by atoms with Crippen molar-refractivity contribution in [3.8, 4) is 5.75 Å². The maximum absolute atomic E-state index is 14.7. The van der Waals surface area contributed by atoms with Crippen LogP contribution in [0.1, 0.15) is 86.0 Å². The molecule has 0 saturated carbocycles. The number of fused-ring (bicyclic) bond motifs is 6. The Bertz CT molecular complexity index is 1820. The second kappa shape index (κ2) is 9.50. The smallest absolute Gasteiger partial charge is 0.339 e. The minimum absolute atomic E-state index is 0.0504. The van der Waals surface area contributed by atoms with Crippen LogP contribution in [0, 0.1) is 0 Å². The van der Waals surface area contributed by atoms with E-state index in [1.807, 2.05) is 30.3 Å². The Labute approximate surface area is 246 Å². The van der Waals surface area contributed by atoms with Crippen LogP contribution in [0.25, 0.3) is 10.8 Å². The van der Waals surface area contributed by atoms with Crippen molar-refractivity contribution in [3.63, 3.8) is 0 Å². The third-order valence-electron chi connectivity index (χ3n) is 10.3. The summed E-state index contributed by atoms with van der Waals surface area (Å²) in [7, 11) is -9.15. The van der Waals surface area contributed by atoms with Gasteiger partial charge >= 0.3 is 10.1 Å². The predicted octanol–water partition coefficient (Wildman–Crippen LogP) is 5.59. The molecule has 1 aliphatic carbocycles. The van der Waals surface area contributed by atoms with Crippen molar-refractivity contribution < 1.29 is 35.0 Å². The van der Waals surface area contributed by atoms with E-state index in [1.54, 1.807) is 0 Å². The third kappa shape index (κ3) is 4.17. The van der Waals surface area contributed by atoms with Crippen LogP contribution in [-0.4, -0.2) is 39.7 Å². The summed E-state index contributed by atoms with van der Waals surface area (Å²) >= 11 is 0. The Hall–Kier alpha value is -2.50. The molecule has 42 heavy (non-hydrogen) atoms. The van der Waals surface area contributed by atoms with Crippen molar-refractivity contribution in [2.75, 3.05) is 0 Å². The van der Waals surface area contributed by atoms with Gasteiger partial charge in [-0.1, -0.05) is 24.3 Å². The Morgan fingerprint density at radius 1 is 0.881 bits per heavy atom. The number of hydrogen-bond acceptors (Lipinski definition) is 8. The van der Waals surface area contributed by atoms with Crippen LogP contribution in [-0.2, 0) is 48.2 Å². The van der Waals surface area contributed by atoms with Crippen LogP contribution in [0.4, 0.5) is 0 Å². The average molecular weight is 610 g/mol. The molecule has 5 aliphatic rings. The van der Waals surface area contributed by atoms with Gasteiger partial charge in [-0.25, -0.2) is 8.42 Å². The zero-order valence-corrected chi connectivity index (χ0v) is 24.8. The fraction of sp³-hybridized carbons (Fsp3) is 0.500. The zero-order chi connectivity index (χ0) is 28.9. The molecule has 3 aromatic rings. The predicted molar refractivity (Wildman–Crippen MR) is 153 cm³/mol. The van der Waals surface area contributed by atoms with Gasteiger partial charge in [0.05, 0.1) is 28.8 Å². The summed E-state index contributed by atoms with van der Waals surface area (Å²) in [5.74, 6) is 0.0119. The first-order valence-corrected chi connectivity index (χ1v) is 17.9. The number of hydrogen-bond donors (Lipinski definition) is 0. The molecule has 0 spiro atoms. The third-order valence-corrected chi connectivity index (χ3v) is 12.6. The average Bonchev–Trinajstić information content (AvgIpc) is 3.78. The quantitative estimate of drug-likeness (QED) is 0.262. The van der Waals surface area contributed by atoms with Gasteiger partial charge in [-0.05, 0) is 111 Å². The Morgan fingerprint density at radius 3 is 2.31 bits per heavy atom. The molecule has 8 nitrogen and oxygen atoms in total. The van der Waals surface area contributed by atoms with Crippen LogP contribution >= 0.6 is 0 Å². The summed E-state index contributed by atoms with van der Waals surface area (Å²) < 4.78 is 84.5. The summed E-state index contributed by atoms with van der Waals surface area (Å²) in [5.41, 5.74) is 1.55. The van der Waals surface area contributed by atoms with Crippen molar-refractivity contribution in [1.82, 2.24) is 0 Å². The Morgan fingerprint density at radius 2 is 1.64 bits per heavy atom. The molecule has 3 unspecified atom stereocenters. The molecular formula is C32H33O8S2-. The number of benzene rings is 3. The monoisotopic (exact) mass is 609 g/mol. The lowest BCUT2D eigenvalue weighted by molar-refractivity contribution is 0.00884. The highest BCUT2D eigenvalue weighted by Gasteiger charge is 2.52. The second-order valence-electron chi connectivity index (χ2n) is 12.6. The first kappa shape index (κ1) is 27.1. The highest BCUT2D eigenvalue weighted by atomic mass is 32.2. The van der Waals surface area contributed by atoms with Gasteiger partial charge in [0, 0.05) is 17.0 Å². The van der Waals surface area contributed by atoms with E-state index in [2.05, 4.69) is 0 Å². The molecule has 0 amide bonds. The molecule has 4 saturated heterocycles. The first-order valence-electron chi connectivity index (χ1n) is 15.1. The lowest BCUT2D eigenvalue weighted by Gasteiger charge is -2.32. The molecule has 4 fully saturated rings. The van der Waals surface area contributed by atoms with E-state index in [1.165, 1.54) is 12.1 Å². The van der Waals surface area contributed by atoms with Gasteiger partial charge in [-0.15, -0.1) is 0 Å². The molecule has 0 aromatic heterocycles. The van der Waals surface area contributed by atoms with Crippen LogP contribution in [0.5, 0.6) is 5.75 Å². The molecule has 222 valence electrons. The lowest BCUT2D eigenvalue weighted by atomic mass is 9.77. The van der Waals surface area contributed by atoms with Crippen molar-refractivity contribution in [2.45, 2.75) is 110 Å². The fourth-order valence-electron chi connectivity index (χ4n) is 8.51. The van der Waals surface area contributed by atoms with Gasteiger partial charge in [0.25, 0.3) is 0 Å². The van der Waals surface area contributed by atoms with E-state index in [9.17, 15) is 21.4 Å². The van der Waals surface area contributed by atoms with E-state index in [-0.39, 0.29) is 39.8 Å². The molecule has 8 rings (SSSR count). The van der Waals surface area contributed by atoms with E-state index in [0.717, 1.165) is 74.1 Å². The largest absolute Gasteiger partial charge is 0.744 e. The van der Waals surface area contributed by atoms with Crippen molar-refractivity contribution in [1.29, 1.82) is 0 Å². The summed E-state index contributed by atoms with van der Waals surface area (Å²) in [4.78, 5) is -0.113. The van der Waals surface area contributed by atoms with Crippen molar-refractivity contribution in [2.24, 2.45) is 0 Å². The molecule has 4 heterocycles. The fourth-order valence-corrected chi connectivity index (χ4v) is 10.8. The van der Waals surface area contributed by atoms with Crippen LogP contribution in [0.2, 0.25) is 0 Å². The topological polar surface area (TPSA) is 119 Å². The van der Waals surface area contributed by atoms with E-state index >= 15 is 0 Å². The maximum Gasteiger partial charge on any atom is 0.339 e. The van der Waals surface area contributed by atoms with Gasteiger partial charge in [-0.2, -0.15) is 8.42 Å². The highest BCUT2D eigenvalue weighted by Crippen LogP contribution is 2.56. The van der Waals surface area contributed by atoms with Crippen molar-refractivity contribution >= 4 is 31.0 Å². The highest BCUT2D eigenvalue weighted by molar-refractivity contribution is 7.87. The van der Waals surface area contributed by atoms with Gasteiger partial charge in [0.1, 0.15) is 20.8 Å². The lowest BCUT2D eigenvalue weighted by Crippen LogP contribution is -2.29. The molecule has 4 aliphatic heterocycles. The van der Waals surface area contributed by atoms with Gasteiger partial charge < -0.3 is 18.2 Å². The van der Waals surface area contributed by atoms with Crippen LogP contribution in [0.3, 0.4) is 0 Å². The second-order valence-corrected chi connectivity index (χ2v) is 15.5. The van der Waals surface area contributed by atoms with E-state index < -0.39 is 25.8 Å². The number of rotatable bonds is 6. The molecule has 10 heteroatoms. The summed E-state index contributed by atoms with van der Waals surface area (Å²) in [6.45, 7) is 0. The van der Waals surface area contributed by atoms with Gasteiger partial charge in [0.15, 0.2) is 0 Å². The molecular weight excluding hydrogens is 576 g/mol. The molecule has 4 bridgehead atoms. The normalized spacial score (nSPS) is 30.2. The summed E-state index contributed by atoms with van der Waals surface area (Å²) in [6, 6.07) is 12.5. The van der Waals surface area contributed by atoms with Gasteiger partial charge in [-0.3, -0.25) is 0 Å². The van der Waals surface area contributed by atoms with Crippen LogP contribution < -0.4 is 4.18 Å². The van der Waals surface area contributed by atoms with Gasteiger partial charge in [0.2, 0.25) is 0 Å². The standard InChI is InChI=1S/C32H34O8S2/c33-41(34,35)29-12-11-28(23-7-3-4-8-24(23)29)40-42(36,37)31-26(25-18-21-9-10-27(25)38-21)17-19-5-1-2-6-22(19)30(31)32-15-13-20(39-32)14-16-32/h1-2,5-6,11-12,17,20-21,25,27H,3-4,7-10,13-16,18H2,(H,33,34,35)/p-1. The Balaban J connectivity index is 1.35. The van der Waals surface area contributed by atoms with E-state index in [4.69, 9.17) is 13.7 Å². The first-order chi connectivity index (χ1) is 20.1. The maximum atomic E-state index is 14.7. The molecule has 3 aromatic carbocycles. The van der Waals surface area contributed by atoms with Crippen molar-refractivity contribution in [3.05, 3.63) is 64.7 Å². The molecule has 3 atom stereocenters. The summed E-state index contributed by atoms with van der Waals surface area (Å²) in [6.07, 6.45) is 8.36. The summed E-state index contributed by atoms with van der Waals surface area (Å²) in [5, 5.41) is 1.82. The van der Waals surface area contributed by atoms with Crippen LogP contribution in [0.15, 0.2) is 52.3 Å².